The summed E-state index contributed by atoms with van der Waals surface area (Å²) in [6.45, 7) is 0. The number of nitro groups is 1. The van der Waals surface area contributed by atoms with Gasteiger partial charge in [-0.3, -0.25) is 14.9 Å². The predicted octanol–water partition coefficient (Wildman–Crippen LogP) is 0.0974. The molecule has 1 aliphatic rings. The smallest absolute Gasteiger partial charge is 0.262 e. The Kier molecular flexibility index (Phi) is 2.70. The Morgan fingerprint density at radius 2 is 2.29 bits per heavy atom. The fourth-order valence-electron chi connectivity index (χ4n) is 1.13. The Labute approximate surface area is 78.4 Å². The first-order chi connectivity index (χ1) is 6.56. The highest BCUT2D eigenvalue weighted by molar-refractivity contribution is 5.92. The van der Waals surface area contributed by atoms with Crippen molar-refractivity contribution in [3.63, 3.8) is 0 Å². The van der Waals surface area contributed by atoms with Gasteiger partial charge in [0.05, 0.1) is 6.42 Å². The van der Waals surface area contributed by atoms with Crippen LogP contribution in [-0.2, 0) is 4.79 Å². The van der Waals surface area contributed by atoms with E-state index in [9.17, 15) is 19.8 Å². The predicted molar refractivity (Wildman–Crippen MR) is 46.6 cm³/mol. The molecule has 1 amide bonds. The van der Waals surface area contributed by atoms with Crippen molar-refractivity contribution < 1.29 is 9.72 Å². The van der Waals surface area contributed by atoms with Gasteiger partial charge in [-0.2, -0.15) is 0 Å². The second kappa shape index (κ2) is 3.77. The summed E-state index contributed by atoms with van der Waals surface area (Å²) in [5, 5.41) is 13.0. The topological polar surface area (TPSA) is 116 Å². The minimum Gasteiger partial charge on any atom is -0.366 e. The van der Waals surface area contributed by atoms with Gasteiger partial charge in [0.2, 0.25) is 5.91 Å². The number of rotatable bonds is 3. The average Bonchev–Trinajstić information content (AvgIpc) is 2.16. The van der Waals surface area contributed by atoms with Gasteiger partial charge in [0.15, 0.2) is 5.70 Å². The van der Waals surface area contributed by atoms with E-state index in [4.69, 9.17) is 5.73 Å². The molecular formula is C7H7N3O4. The molecule has 7 heteroatoms. The van der Waals surface area contributed by atoms with Crippen LogP contribution in [0.25, 0.3) is 0 Å². The minimum absolute atomic E-state index is 0.124. The third kappa shape index (κ3) is 1.82. The maximum absolute atomic E-state index is 10.7. The Balaban J connectivity index is 3.00. The van der Waals surface area contributed by atoms with Gasteiger partial charge in [-0.25, -0.2) is 0 Å². The van der Waals surface area contributed by atoms with Crippen molar-refractivity contribution >= 4 is 5.91 Å². The standard InChI is InChI=1S/C7H7N3O4/c8-7(11)4-1-2-5(9-12)6(3-4)10(13)14/h1-2,6H,3H2,(H2,8,11). The molecule has 0 aromatic carbocycles. The highest BCUT2D eigenvalue weighted by Crippen LogP contribution is 2.21. The van der Waals surface area contributed by atoms with Crippen molar-refractivity contribution in [1.82, 2.24) is 0 Å². The SMILES string of the molecule is NC(=O)C1=CC=C(N=O)C([N+](=O)[O-])C1. The Hall–Kier alpha value is -2.05. The molecule has 0 aromatic heterocycles. The third-order valence-corrected chi connectivity index (χ3v) is 1.89. The zero-order valence-electron chi connectivity index (χ0n) is 7.04. The summed E-state index contributed by atoms with van der Waals surface area (Å²) in [4.78, 5) is 30.7. The first-order valence-corrected chi connectivity index (χ1v) is 3.73. The molecule has 1 unspecified atom stereocenters. The van der Waals surface area contributed by atoms with E-state index in [1.807, 2.05) is 0 Å². The van der Waals surface area contributed by atoms with Gasteiger partial charge in [-0.05, 0) is 11.3 Å². The molecule has 0 saturated carbocycles. The van der Waals surface area contributed by atoms with Crippen LogP contribution in [0.4, 0.5) is 0 Å². The van der Waals surface area contributed by atoms with Gasteiger partial charge >= 0.3 is 0 Å². The summed E-state index contributed by atoms with van der Waals surface area (Å²) in [6.07, 6.45) is 2.24. The normalized spacial score (nSPS) is 20.7. The Morgan fingerprint density at radius 3 is 2.71 bits per heavy atom. The lowest BCUT2D eigenvalue weighted by molar-refractivity contribution is -0.511. The number of carbonyl (C=O) groups is 1. The molecule has 0 aliphatic heterocycles. The molecule has 0 spiro atoms. The fraction of sp³-hybridized carbons (Fsp3) is 0.286. The molecule has 0 fully saturated rings. The Bertz CT molecular complexity index is 358. The molecule has 0 bridgehead atoms. The number of hydrogen-bond donors (Lipinski definition) is 1. The first-order valence-electron chi connectivity index (χ1n) is 3.73. The van der Waals surface area contributed by atoms with Crippen LogP contribution in [0.3, 0.4) is 0 Å². The van der Waals surface area contributed by atoms with Crippen LogP contribution in [0.5, 0.6) is 0 Å². The molecule has 0 saturated heterocycles. The highest BCUT2D eigenvalue weighted by atomic mass is 16.6. The number of amides is 1. The van der Waals surface area contributed by atoms with Crippen molar-refractivity contribution in [1.29, 1.82) is 0 Å². The van der Waals surface area contributed by atoms with Gasteiger partial charge in [-0.15, -0.1) is 4.91 Å². The maximum atomic E-state index is 10.7. The van der Waals surface area contributed by atoms with E-state index in [2.05, 4.69) is 5.18 Å². The first kappa shape index (κ1) is 10.0. The average molecular weight is 197 g/mol. The second-order valence-electron chi connectivity index (χ2n) is 2.74. The number of allylic oxidation sites excluding steroid dienone is 2. The number of hydrogen-bond acceptors (Lipinski definition) is 5. The van der Waals surface area contributed by atoms with Gasteiger partial charge in [-0.1, -0.05) is 6.08 Å². The number of carbonyl (C=O) groups excluding carboxylic acids is 1. The lowest BCUT2D eigenvalue weighted by atomic mass is 9.98. The molecular weight excluding hydrogens is 190 g/mol. The molecule has 1 aliphatic carbocycles. The van der Waals surface area contributed by atoms with E-state index in [0.717, 1.165) is 6.08 Å². The quantitative estimate of drug-likeness (QED) is 0.392. The zero-order valence-corrected chi connectivity index (χ0v) is 7.04. The van der Waals surface area contributed by atoms with Crippen LogP contribution in [0.1, 0.15) is 6.42 Å². The summed E-state index contributed by atoms with van der Waals surface area (Å²) >= 11 is 0. The van der Waals surface area contributed by atoms with Gasteiger partial charge < -0.3 is 5.73 Å². The van der Waals surface area contributed by atoms with Gasteiger partial charge in [0.1, 0.15) is 0 Å². The number of nitroso groups, excluding NO2 is 1. The lowest BCUT2D eigenvalue weighted by Crippen LogP contribution is -2.27. The van der Waals surface area contributed by atoms with Crippen LogP contribution in [0.15, 0.2) is 28.6 Å². The van der Waals surface area contributed by atoms with Crippen molar-refractivity contribution in [2.24, 2.45) is 10.9 Å². The number of nitrogens with two attached hydrogens (primary N) is 1. The van der Waals surface area contributed by atoms with Crippen molar-refractivity contribution in [2.75, 3.05) is 0 Å². The largest absolute Gasteiger partial charge is 0.366 e. The lowest BCUT2D eigenvalue weighted by Gasteiger charge is -2.12. The van der Waals surface area contributed by atoms with E-state index in [-0.39, 0.29) is 17.7 Å². The molecule has 1 atom stereocenters. The molecule has 74 valence electrons. The van der Waals surface area contributed by atoms with Crippen LogP contribution in [0.2, 0.25) is 0 Å². The summed E-state index contributed by atoms with van der Waals surface area (Å²) in [5.41, 5.74) is 4.88. The minimum atomic E-state index is -1.26. The molecule has 1 rings (SSSR count). The van der Waals surface area contributed by atoms with E-state index in [1.165, 1.54) is 6.08 Å². The molecule has 7 nitrogen and oxygen atoms in total. The number of nitrogens with zero attached hydrogens (tertiary/aromatic N) is 2. The fourth-order valence-corrected chi connectivity index (χ4v) is 1.13. The third-order valence-electron chi connectivity index (χ3n) is 1.89. The van der Waals surface area contributed by atoms with Crippen molar-refractivity contribution in [2.45, 2.75) is 12.5 Å². The second-order valence-corrected chi connectivity index (χ2v) is 2.74. The summed E-state index contributed by atoms with van der Waals surface area (Å²) in [6, 6.07) is -1.26. The van der Waals surface area contributed by atoms with Crippen LogP contribution < -0.4 is 5.73 Å². The highest BCUT2D eigenvalue weighted by Gasteiger charge is 2.31. The van der Waals surface area contributed by atoms with Crippen molar-refractivity contribution in [3.8, 4) is 0 Å². The van der Waals surface area contributed by atoms with Gasteiger partial charge in [0, 0.05) is 10.5 Å². The van der Waals surface area contributed by atoms with Crippen LogP contribution >= 0.6 is 0 Å². The van der Waals surface area contributed by atoms with E-state index in [1.54, 1.807) is 0 Å². The molecule has 14 heavy (non-hydrogen) atoms. The summed E-state index contributed by atoms with van der Waals surface area (Å²) < 4.78 is 0. The zero-order chi connectivity index (χ0) is 10.7. The molecule has 0 radical (unpaired) electrons. The maximum Gasteiger partial charge on any atom is 0.262 e. The summed E-state index contributed by atoms with van der Waals surface area (Å²) in [5.74, 6) is -0.724. The summed E-state index contributed by atoms with van der Waals surface area (Å²) in [7, 11) is 0. The van der Waals surface area contributed by atoms with E-state index in [0.29, 0.717) is 0 Å². The molecule has 0 heterocycles. The molecule has 0 aromatic rings. The van der Waals surface area contributed by atoms with Gasteiger partial charge in [0.25, 0.3) is 6.04 Å². The monoisotopic (exact) mass is 197 g/mol. The van der Waals surface area contributed by atoms with E-state index >= 15 is 0 Å². The van der Waals surface area contributed by atoms with Crippen LogP contribution in [0, 0.1) is 15.0 Å². The van der Waals surface area contributed by atoms with Crippen molar-refractivity contribution in [3.05, 3.63) is 38.4 Å². The Morgan fingerprint density at radius 1 is 1.64 bits per heavy atom. The molecule has 2 N–H and O–H groups in total. The van der Waals surface area contributed by atoms with E-state index < -0.39 is 16.9 Å². The number of primary amides is 1. The van der Waals surface area contributed by atoms with Crippen LogP contribution in [-0.4, -0.2) is 16.9 Å².